The van der Waals surface area contributed by atoms with Gasteiger partial charge in [-0.05, 0) is 64.3 Å². The molecule has 1 amide bonds. The van der Waals surface area contributed by atoms with Crippen molar-refractivity contribution in [1.29, 1.82) is 0 Å². The van der Waals surface area contributed by atoms with Crippen LogP contribution in [0.1, 0.15) is 39.2 Å². The second-order valence-corrected chi connectivity index (χ2v) is 6.29. The normalized spacial score (nSPS) is 15.0. The minimum Gasteiger partial charge on any atom is -0.443 e. The number of anilines is 1. The van der Waals surface area contributed by atoms with Gasteiger partial charge < -0.3 is 10.5 Å². The number of carbonyl (C=O) groups is 1. The van der Waals surface area contributed by atoms with Crippen molar-refractivity contribution in [1.82, 2.24) is 0 Å². The number of carbonyl (C=O) groups excluding carboxylic acids is 1. The van der Waals surface area contributed by atoms with E-state index in [4.69, 9.17) is 10.5 Å². The first-order chi connectivity index (χ1) is 9.40. The summed E-state index contributed by atoms with van der Waals surface area (Å²) in [6, 6.07) is 8.28. The zero-order valence-corrected chi connectivity index (χ0v) is 12.6. The molecule has 4 nitrogen and oxygen atoms in total. The molecule has 1 fully saturated rings. The van der Waals surface area contributed by atoms with Gasteiger partial charge in [-0.2, -0.15) is 0 Å². The van der Waals surface area contributed by atoms with Crippen molar-refractivity contribution in [2.24, 2.45) is 5.73 Å². The molecule has 110 valence electrons. The quantitative estimate of drug-likeness (QED) is 0.919. The highest BCUT2D eigenvalue weighted by Crippen LogP contribution is 2.33. The van der Waals surface area contributed by atoms with Gasteiger partial charge in [-0.25, -0.2) is 4.79 Å². The average Bonchev–Trinajstić information content (AvgIpc) is 3.12. The Balaban J connectivity index is 2.20. The Morgan fingerprint density at radius 3 is 2.65 bits per heavy atom. The van der Waals surface area contributed by atoms with Gasteiger partial charge in [-0.1, -0.05) is 12.1 Å². The summed E-state index contributed by atoms with van der Waals surface area (Å²) < 4.78 is 5.52. The van der Waals surface area contributed by atoms with Gasteiger partial charge in [0.2, 0.25) is 0 Å². The summed E-state index contributed by atoms with van der Waals surface area (Å²) in [5.41, 5.74) is 7.19. The van der Waals surface area contributed by atoms with Gasteiger partial charge in [-0.15, -0.1) is 0 Å². The number of ether oxygens (including phenoxy) is 1. The molecule has 2 rings (SSSR count). The topological polar surface area (TPSA) is 55.6 Å². The number of benzene rings is 1. The van der Waals surface area contributed by atoms with E-state index in [1.54, 1.807) is 4.90 Å². The lowest BCUT2D eigenvalue weighted by Crippen LogP contribution is -2.38. The van der Waals surface area contributed by atoms with E-state index in [-0.39, 0.29) is 12.1 Å². The molecule has 0 unspecified atom stereocenters. The lowest BCUT2D eigenvalue weighted by Gasteiger charge is -2.27. The monoisotopic (exact) mass is 276 g/mol. The fourth-order valence-electron chi connectivity index (χ4n) is 2.14. The summed E-state index contributed by atoms with van der Waals surface area (Å²) >= 11 is 0. The van der Waals surface area contributed by atoms with E-state index in [0.29, 0.717) is 6.54 Å². The van der Waals surface area contributed by atoms with Crippen LogP contribution in [0.25, 0.3) is 0 Å². The maximum absolute atomic E-state index is 12.4. The van der Waals surface area contributed by atoms with E-state index in [2.05, 4.69) is 0 Å². The number of rotatable bonds is 4. The summed E-state index contributed by atoms with van der Waals surface area (Å²) in [7, 11) is 0. The maximum Gasteiger partial charge on any atom is 0.415 e. The van der Waals surface area contributed by atoms with Crippen LogP contribution in [0.2, 0.25) is 0 Å². The summed E-state index contributed by atoms with van der Waals surface area (Å²) in [6.07, 6.45) is 2.64. The molecular weight excluding hydrogens is 252 g/mol. The van der Waals surface area contributed by atoms with E-state index in [1.165, 1.54) is 0 Å². The number of nitrogens with zero attached hydrogens (tertiary/aromatic N) is 1. The van der Waals surface area contributed by atoms with Crippen molar-refractivity contribution in [2.45, 2.75) is 51.7 Å². The van der Waals surface area contributed by atoms with Crippen LogP contribution >= 0.6 is 0 Å². The highest BCUT2D eigenvalue weighted by molar-refractivity contribution is 5.89. The Labute approximate surface area is 120 Å². The second kappa shape index (κ2) is 5.83. The Morgan fingerprint density at radius 2 is 2.10 bits per heavy atom. The van der Waals surface area contributed by atoms with Crippen molar-refractivity contribution in [3.63, 3.8) is 0 Å². The van der Waals surface area contributed by atoms with Crippen molar-refractivity contribution in [3.05, 3.63) is 29.8 Å². The molecule has 0 atom stereocenters. The SMILES string of the molecule is CC(C)(C)OC(=O)N(c1cccc(CCN)c1)C1CC1. The lowest BCUT2D eigenvalue weighted by atomic mass is 10.1. The minimum atomic E-state index is -0.473. The van der Waals surface area contributed by atoms with Gasteiger partial charge >= 0.3 is 6.09 Å². The Hall–Kier alpha value is -1.55. The van der Waals surface area contributed by atoms with Gasteiger partial charge in [-0.3, -0.25) is 4.90 Å². The number of hydrogen-bond donors (Lipinski definition) is 1. The molecule has 1 saturated carbocycles. The molecule has 0 saturated heterocycles. The largest absolute Gasteiger partial charge is 0.443 e. The van der Waals surface area contributed by atoms with Crippen LogP contribution < -0.4 is 10.6 Å². The molecular formula is C16H24N2O2. The molecule has 4 heteroatoms. The molecule has 0 radical (unpaired) electrons. The van der Waals surface area contributed by atoms with Crippen LogP contribution in [0, 0.1) is 0 Å². The summed E-state index contributed by atoms with van der Waals surface area (Å²) in [5.74, 6) is 0. The molecule has 20 heavy (non-hydrogen) atoms. The van der Waals surface area contributed by atoms with Gasteiger partial charge in [0.25, 0.3) is 0 Å². The van der Waals surface area contributed by atoms with Crippen LogP contribution in [0.3, 0.4) is 0 Å². The smallest absolute Gasteiger partial charge is 0.415 e. The Morgan fingerprint density at radius 1 is 1.40 bits per heavy atom. The molecule has 0 spiro atoms. The summed E-state index contributed by atoms with van der Waals surface area (Å²) in [5, 5.41) is 0. The van der Waals surface area contributed by atoms with Crippen LogP contribution in [0.5, 0.6) is 0 Å². The highest BCUT2D eigenvalue weighted by Gasteiger charge is 2.36. The van der Waals surface area contributed by atoms with E-state index in [9.17, 15) is 4.79 Å². The Bertz CT molecular complexity index is 476. The minimum absolute atomic E-state index is 0.259. The fourth-order valence-corrected chi connectivity index (χ4v) is 2.14. The summed E-state index contributed by atoms with van der Waals surface area (Å²) in [6.45, 7) is 6.28. The molecule has 0 aromatic heterocycles. The van der Waals surface area contributed by atoms with Crippen molar-refractivity contribution < 1.29 is 9.53 Å². The molecule has 0 heterocycles. The third-order valence-electron chi connectivity index (χ3n) is 3.12. The second-order valence-electron chi connectivity index (χ2n) is 6.29. The molecule has 1 aromatic rings. The Kier molecular flexibility index (Phi) is 4.33. The zero-order chi connectivity index (χ0) is 14.8. The third-order valence-corrected chi connectivity index (χ3v) is 3.12. The molecule has 0 bridgehead atoms. The first-order valence-electron chi connectivity index (χ1n) is 7.22. The van der Waals surface area contributed by atoms with Gasteiger partial charge in [0.15, 0.2) is 0 Å². The van der Waals surface area contributed by atoms with Gasteiger partial charge in [0.1, 0.15) is 5.60 Å². The highest BCUT2D eigenvalue weighted by atomic mass is 16.6. The lowest BCUT2D eigenvalue weighted by molar-refractivity contribution is 0.0578. The predicted molar refractivity (Wildman–Crippen MR) is 80.9 cm³/mol. The molecule has 0 aliphatic heterocycles. The molecule has 1 aliphatic rings. The number of nitrogens with two attached hydrogens (primary N) is 1. The van der Waals surface area contributed by atoms with Crippen LogP contribution in [-0.4, -0.2) is 24.3 Å². The van der Waals surface area contributed by atoms with Crippen molar-refractivity contribution >= 4 is 11.8 Å². The van der Waals surface area contributed by atoms with E-state index in [0.717, 1.165) is 30.5 Å². The number of amides is 1. The fraction of sp³-hybridized carbons (Fsp3) is 0.562. The first-order valence-corrected chi connectivity index (χ1v) is 7.22. The van der Waals surface area contributed by atoms with Gasteiger partial charge in [0, 0.05) is 11.7 Å². The maximum atomic E-state index is 12.4. The van der Waals surface area contributed by atoms with E-state index < -0.39 is 5.60 Å². The van der Waals surface area contributed by atoms with Gasteiger partial charge in [0.05, 0.1) is 0 Å². The van der Waals surface area contributed by atoms with E-state index in [1.807, 2.05) is 45.0 Å². The van der Waals surface area contributed by atoms with Crippen molar-refractivity contribution in [3.8, 4) is 0 Å². The summed E-state index contributed by atoms with van der Waals surface area (Å²) in [4.78, 5) is 14.2. The standard InChI is InChI=1S/C16H24N2O2/c1-16(2,3)20-15(19)18(13-7-8-13)14-6-4-5-12(11-14)9-10-17/h4-6,11,13H,7-10,17H2,1-3H3. The molecule has 1 aromatic carbocycles. The molecule has 2 N–H and O–H groups in total. The predicted octanol–water partition coefficient (Wildman–Crippen LogP) is 3.09. The van der Waals surface area contributed by atoms with Crippen molar-refractivity contribution in [2.75, 3.05) is 11.4 Å². The van der Waals surface area contributed by atoms with Crippen LogP contribution in [0.4, 0.5) is 10.5 Å². The number of hydrogen-bond acceptors (Lipinski definition) is 3. The van der Waals surface area contributed by atoms with Crippen LogP contribution in [-0.2, 0) is 11.2 Å². The van der Waals surface area contributed by atoms with E-state index >= 15 is 0 Å². The molecule has 1 aliphatic carbocycles. The first kappa shape index (κ1) is 14.9. The average molecular weight is 276 g/mol. The van der Waals surface area contributed by atoms with Crippen LogP contribution in [0.15, 0.2) is 24.3 Å². The third kappa shape index (κ3) is 3.97. The zero-order valence-electron chi connectivity index (χ0n) is 12.6.